The van der Waals surface area contributed by atoms with Gasteiger partial charge in [0.25, 0.3) is 0 Å². The Balaban J connectivity index is 2.38. The standard InChI is InChI=1S/C15H27NO4S/c1-15(2,3)20-14(19)16-12(9-21)8-10-4-6-11(7-5-10)13(17)18/h10-12,21H,4-9H2,1-3H3,(H,16,19)(H,17,18). The molecule has 1 saturated carbocycles. The number of carboxylic acid groups (broad SMARTS) is 1. The molecule has 5 nitrogen and oxygen atoms in total. The first-order valence-corrected chi connectivity index (χ1v) is 8.17. The Bertz CT molecular complexity index is 359. The fourth-order valence-electron chi connectivity index (χ4n) is 2.70. The van der Waals surface area contributed by atoms with Gasteiger partial charge in [0.05, 0.1) is 5.92 Å². The number of rotatable bonds is 5. The lowest BCUT2D eigenvalue weighted by Crippen LogP contribution is -2.41. The van der Waals surface area contributed by atoms with Crippen molar-refractivity contribution in [1.82, 2.24) is 5.32 Å². The number of ether oxygens (including phenoxy) is 1. The molecule has 0 aliphatic heterocycles. The summed E-state index contributed by atoms with van der Waals surface area (Å²) in [5, 5.41) is 11.8. The highest BCUT2D eigenvalue weighted by molar-refractivity contribution is 7.80. The first-order chi connectivity index (χ1) is 9.71. The van der Waals surface area contributed by atoms with Gasteiger partial charge >= 0.3 is 12.1 Å². The highest BCUT2D eigenvalue weighted by atomic mass is 32.1. The van der Waals surface area contributed by atoms with Crippen molar-refractivity contribution in [2.75, 3.05) is 5.75 Å². The van der Waals surface area contributed by atoms with Crippen LogP contribution in [0.4, 0.5) is 4.79 Å². The summed E-state index contributed by atoms with van der Waals surface area (Å²) < 4.78 is 5.25. The smallest absolute Gasteiger partial charge is 0.407 e. The number of thiol groups is 1. The number of carboxylic acids is 1. The van der Waals surface area contributed by atoms with Crippen molar-refractivity contribution >= 4 is 24.7 Å². The number of amides is 1. The van der Waals surface area contributed by atoms with Crippen molar-refractivity contribution in [3.63, 3.8) is 0 Å². The Labute approximate surface area is 132 Å². The number of nitrogens with one attached hydrogen (secondary N) is 1. The van der Waals surface area contributed by atoms with Crippen LogP contribution in [0.2, 0.25) is 0 Å². The fraction of sp³-hybridized carbons (Fsp3) is 0.867. The number of carbonyl (C=O) groups excluding carboxylic acids is 1. The molecule has 0 spiro atoms. The minimum Gasteiger partial charge on any atom is -0.481 e. The van der Waals surface area contributed by atoms with Crippen LogP contribution < -0.4 is 5.32 Å². The maximum Gasteiger partial charge on any atom is 0.407 e. The molecule has 122 valence electrons. The number of alkyl carbamates (subject to hydrolysis) is 1. The summed E-state index contributed by atoms with van der Waals surface area (Å²) in [6.07, 6.45) is 3.67. The fourth-order valence-corrected chi connectivity index (χ4v) is 2.94. The topological polar surface area (TPSA) is 75.6 Å². The maximum absolute atomic E-state index is 11.8. The van der Waals surface area contributed by atoms with Gasteiger partial charge < -0.3 is 15.2 Å². The summed E-state index contributed by atoms with van der Waals surface area (Å²) in [5.41, 5.74) is -0.509. The normalized spacial score (nSPS) is 24.2. The van der Waals surface area contributed by atoms with Crippen molar-refractivity contribution in [1.29, 1.82) is 0 Å². The molecule has 1 amide bonds. The summed E-state index contributed by atoms with van der Waals surface area (Å²) in [4.78, 5) is 22.7. The molecule has 1 atom stereocenters. The lowest BCUT2D eigenvalue weighted by Gasteiger charge is -2.29. The largest absolute Gasteiger partial charge is 0.481 e. The van der Waals surface area contributed by atoms with E-state index in [2.05, 4.69) is 17.9 Å². The second-order valence-electron chi connectivity index (χ2n) is 6.82. The van der Waals surface area contributed by atoms with Crippen molar-refractivity contribution in [2.24, 2.45) is 11.8 Å². The predicted molar refractivity (Wildman–Crippen MR) is 84.7 cm³/mol. The Kier molecular flexibility index (Phi) is 6.84. The van der Waals surface area contributed by atoms with E-state index in [0.717, 1.165) is 32.1 Å². The molecule has 0 heterocycles. The summed E-state index contributed by atoms with van der Waals surface area (Å²) >= 11 is 4.29. The van der Waals surface area contributed by atoms with E-state index in [-0.39, 0.29) is 12.0 Å². The Morgan fingerprint density at radius 3 is 2.29 bits per heavy atom. The zero-order valence-corrected chi connectivity index (χ0v) is 14.0. The minimum absolute atomic E-state index is 0.0328. The van der Waals surface area contributed by atoms with Crippen LogP contribution in [0.3, 0.4) is 0 Å². The molecule has 0 radical (unpaired) electrons. The molecule has 1 aliphatic rings. The Morgan fingerprint density at radius 1 is 1.29 bits per heavy atom. The first kappa shape index (κ1) is 18.1. The summed E-state index contributed by atoms with van der Waals surface area (Å²) in [6, 6.07) is -0.0328. The lowest BCUT2D eigenvalue weighted by molar-refractivity contribution is -0.143. The van der Waals surface area contributed by atoms with Gasteiger partial charge in [-0.15, -0.1) is 0 Å². The summed E-state index contributed by atoms with van der Waals surface area (Å²) in [5.74, 6) is 0.117. The van der Waals surface area contributed by atoms with E-state index in [4.69, 9.17) is 9.84 Å². The summed E-state index contributed by atoms with van der Waals surface area (Å²) in [7, 11) is 0. The first-order valence-electron chi connectivity index (χ1n) is 7.54. The summed E-state index contributed by atoms with van der Waals surface area (Å²) in [6.45, 7) is 5.49. The third-order valence-electron chi connectivity index (χ3n) is 3.76. The molecular weight excluding hydrogens is 290 g/mol. The molecule has 1 fully saturated rings. The SMILES string of the molecule is CC(C)(C)OC(=O)NC(CS)CC1CCC(C(=O)O)CC1. The molecule has 6 heteroatoms. The second kappa shape index (κ2) is 7.92. The number of hydrogen-bond donors (Lipinski definition) is 3. The Hall–Kier alpha value is -0.910. The van der Waals surface area contributed by atoms with E-state index in [1.54, 1.807) is 0 Å². The van der Waals surface area contributed by atoms with Crippen LogP contribution in [-0.2, 0) is 9.53 Å². The van der Waals surface area contributed by atoms with Gasteiger partial charge in [-0.1, -0.05) is 0 Å². The van der Waals surface area contributed by atoms with Crippen molar-refractivity contribution in [2.45, 2.75) is 64.5 Å². The van der Waals surface area contributed by atoms with Crippen LogP contribution in [0.25, 0.3) is 0 Å². The third-order valence-corrected chi connectivity index (χ3v) is 4.20. The van der Waals surface area contributed by atoms with Crippen LogP contribution in [0.15, 0.2) is 0 Å². The average Bonchev–Trinajstić information content (AvgIpc) is 2.36. The number of hydrogen-bond acceptors (Lipinski definition) is 4. The van der Waals surface area contributed by atoms with Gasteiger partial charge in [-0.25, -0.2) is 4.79 Å². The molecule has 0 aromatic rings. The van der Waals surface area contributed by atoms with E-state index in [0.29, 0.717) is 11.7 Å². The van der Waals surface area contributed by atoms with E-state index in [9.17, 15) is 9.59 Å². The second-order valence-corrected chi connectivity index (χ2v) is 7.18. The van der Waals surface area contributed by atoms with Gasteiger partial charge in [0.2, 0.25) is 0 Å². The van der Waals surface area contributed by atoms with Crippen LogP contribution in [0, 0.1) is 11.8 Å². The van der Waals surface area contributed by atoms with Crippen LogP contribution in [0.5, 0.6) is 0 Å². The Morgan fingerprint density at radius 2 is 1.86 bits per heavy atom. The highest BCUT2D eigenvalue weighted by Crippen LogP contribution is 2.31. The van der Waals surface area contributed by atoms with Crippen molar-refractivity contribution < 1.29 is 19.4 Å². The van der Waals surface area contributed by atoms with Crippen LogP contribution in [0.1, 0.15) is 52.9 Å². The van der Waals surface area contributed by atoms with Gasteiger partial charge in [0.15, 0.2) is 0 Å². The van der Waals surface area contributed by atoms with Gasteiger partial charge in [0.1, 0.15) is 5.60 Å². The maximum atomic E-state index is 11.8. The quantitative estimate of drug-likeness (QED) is 0.681. The minimum atomic E-state index is -0.689. The molecule has 1 unspecified atom stereocenters. The molecule has 21 heavy (non-hydrogen) atoms. The highest BCUT2D eigenvalue weighted by Gasteiger charge is 2.28. The van der Waals surface area contributed by atoms with Crippen molar-refractivity contribution in [3.8, 4) is 0 Å². The molecular formula is C15H27NO4S. The number of aliphatic carboxylic acids is 1. The molecule has 1 aliphatic carbocycles. The molecule has 1 rings (SSSR count). The van der Waals surface area contributed by atoms with Gasteiger partial charge in [0, 0.05) is 11.8 Å². The molecule has 0 aromatic carbocycles. The van der Waals surface area contributed by atoms with E-state index < -0.39 is 17.7 Å². The van der Waals surface area contributed by atoms with Gasteiger partial charge in [-0.3, -0.25) is 4.79 Å². The average molecular weight is 317 g/mol. The van der Waals surface area contributed by atoms with Crippen molar-refractivity contribution in [3.05, 3.63) is 0 Å². The van der Waals surface area contributed by atoms with E-state index >= 15 is 0 Å². The monoisotopic (exact) mass is 317 g/mol. The lowest BCUT2D eigenvalue weighted by atomic mass is 9.79. The predicted octanol–water partition coefficient (Wildman–Crippen LogP) is 3.09. The van der Waals surface area contributed by atoms with E-state index in [1.165, 1.54) is 0 Å². The van der Waals surface area contributed by atoms with Gasteiger partial charge in [-0.2, -0.15) is 12.6 Å². The molecule has 0 saturated heterocycles. The molecule has 0 bridgehead atoms. The van der Waals surface area contributed by atoms with Gasteiger partial charge in [-0.05, 0) is 58.8 Å². The third kappa shape index (κ3) is 7.07. The van der Waals surface area contributed by atoms with E-state index in [1.807, 2.05) is 20.8 Å². The molecule has 0 aromatic heterocycles. The van der Waals surface area contributed by atoms with Crippen LogP contribution in [-0.4, -0.2) is 34.6 Å². The van der Waals surface area contributed by atoms with Crippen LogP contribution >= 0.6 is 12.6 Å². The number of carbonyl (C=O) groups is 2. The zero-order valence-electron chi connectivity index (χ0n) is 13.1. The molecule has 2 N–H and O–H groups in total. The zero-order chi connectivity index (χ0) is 16.0.